The summed E-state index contributed by atoms with van der Waals surface area (Å²) in [5.74, 6) is 0.879. The van der Waals surface area contributed by atoms with Crippen molar-refractivity contribution in [2.24, 2.45) is 0 Å². The van der Waals surface area contributed by atoms with Gasteiger partial charge in [0.05, 0.1) is 10.9 Å². The van der Waals surface area contributed by atoms with Gasteiger partial charge in [-0.1, -0.05) is 45.0 Å². The molecule has 1 N–H and O–H groups in total. The second-order valence-electron chi connectivity index (χ2n) is 6.88. The van der Waals surface area contributed by atoms with Crippen LogP contribution < -0.4 is 10.1 Å². The Kier molecular flexibility index (Phi) is 7.02. The molecular formula is C21H27NO4S. The average Bonchev–Trinajstić information content (AvgIpc) is 2.64. The maximum atomic E-state index is 12.2. The monoisotopic (exact) mass is 389 g/mol. The second-order valence-corrected chi connectivity index (χ2v) is 8.90. The molecule has 0 heterocycles. The Morgan fingerprint density at radius 2 is 1.56 bits per heavy atom. The molecule has 0 fully saturated rings. The van der Waals surface area contributed by atoms with E-state index in [2.05, 4.69) is 19.2 Å². The highest BCUT2D eigenvalue weighted by atomic mass is 32.2. The second kappa shape index (κ2) is 9.04. The van der Waals surface area contributed by atoms with Crippen molar-refractivity contribution in [3.05, 3.63) is 59.7 Å². The number of benzene rings is 2. The van der Waals surface area contributed by atoms with E-state index < -0.39 is 9.84 Å². The fourth-order valence-corrected chi connectivity index (χ4v) is 3.33. The number of nitrogens with one attached hydrogen (secondary N) is 1. The topological polar surface area (TPSA) is 72.5 Å². The summed E-state index contributed by atoms with van der Waals surface area (Å²) in [6, 6.07) is 14.1. The van der Waals surface area contributed by atoms with Gasteiger partial charge in [-0.15, -0.1) is 0 Å². The molecule has 6 heteroatoms. The van der Waals surface area contributed by atoms with Crippen LogP contribution in [0, 0.1) is 0 Å². The predicted molar refractivity (Wildman–Crippen MR) is 107 cm³/mol. The highest BCUT2D eigenvalue weighted by Gasteiger charge is 2.15. The van der Waals surface area contributed by atoms with Crippen molar-refractivity contribution in [2.45, 2.75) is 44.0 Å². The third-order valence-corrected chi connectivity index (χ3v) is 5.50. The zero-order valence-electron chi connectivity index (χ0n) is 16.2. The minimum atomic E-state index is -3.23. The fraction of sp³-hybridized carbons (Fsp3) is 0.381. The minimum Gasteiger partial charge on any atom is -0.484 e. The van der Waals surface area contributed by atoms with Gasteiger partial charge in [-0.2, -0.15) is 0 Å². The van der Waals surface area contributed by atoms with Crippen molar-refractivity contribution in [3.63, 3.8) is 0 Å². The van der Waals surface area contributed by atoms with E-state index in [1.165, 1.54) is 11.8 Å². The van der Waals surface area contributed by atoms with Crippen molar-refractivity contribution in [1.82, 2.24) is 5.32 Å². The molecule has 0 radical (unpaired) electrons. The first-order chi connectivity index (χ1) is 12.7. The summed E-state index contributed by atoms with van der Waals surface area (Å²) in [5, 5.41) is 2.93. The SMILES string of the molecule is CCC(NC(=O)COc1ccc(C(C)C)cc1)c1ccc(S(C)(=O)=O)cc1. The maximum absolute atomic E-state index is 12.2. The maximum Gasteiger partial charge on any atom is 0.258 e. The molecular weight excluding hydrogens is 362 g/mol. The summed E-state index contributed by atoms with van der Waals surface area (Å²) in [6.45, 7) is 6.13. The Bertz CT molecular complexity index is 856. The van der Waals surface area contributed by atoms with Crippen molar-refractivity contribution in [1.29, 1.82) is 0 Å². The van der Waals surface area contributed by atoms with Gasteiger partial charge in [0, 0.05) is 6.26 Å². The Morgan fingerprint density at radius 3 is 2.04 bits per heavy atom. The van der Waals surface area contributed by atoms with Gasteiger partial charge < -0.3 is 10.1 Å². The smallest absolute Gasteiger partial charge is 0.258 e. The third-order valence-electron chi connectivity index (χ3n) is 4.37. The number of hydrogen-bond acceptors (Lipinski definition) is 4. The molecule has 2 aromatic rings. The molecule has 2 aromatic carbocycles. The van der Waals surface area contributed by atoms with Gasteiger partial charge in [-0.3, -0.25) is 4.79 Å². The van der Waals surface area contributed by atoms with E-state index in [-0.39, 0.29) is 23.5 Å². The number of carbonyl (C=O) groups excluding carboxylic acids is 1. The molecule has 0 aromatic heterocycles. The molecule has 0 spiro atoms. The lowest BCUT2D eigenvalue weighted by Crippen LogP contribution is -2.32. The van der Waals surface area contributed by atoms with E-state index in [9.17, 15) is 13.2 Å². The van der Waals surface area contributed by atoms with Crippen LogP contribution in [0.5, 0.6) is 5.75 Å². The number of rotatable bonds is 8. The van der Waals surface area contributed by atoms with Crippen LogP contribution in [0.3, 0.4) is 0 Å². The first-order valence-electron chi connectivity index (χ1n) is 9.02. The van der Waals surface area contributed by atoms with E-state index in [1.807, 2.05) is 31.2 Å². The summed E-state index contributed by atoms with van der Waals surface area (Å²) in [4.78, 5) is 12.5. The van der Waals surface area contributed by atoms with Crippen LogP contribution in [0.25, 0.3) is 0 Å². The Morgan fingerprint density at radius 1 is 1.00 bits per heavy atom. The molecule has 1 unspecified atom stereocenters. The zero-order valence-corrected chi connectivity index (χ0v) is 17.0. The van der Waals surface area contributed by atoms with Gasteiger partial charge >= 0.3 is 0 Å². The van der Waals surface area contributed by atoms with E-state index in [4.69, 9.17) is 4.74 Å². The average molecular weight is 390 g/mol. The molecule has 0 saturated carbocycles. The van der Waals surface area contributed by atoms with Crippen LogP contribution in [0.1, 0.15) is 50.3 Å². The molecule has 1 atom stereocenters. The molecule has 2 rings (SSSR count). The Hall–Kier alpha value is -2.34. The van der Waals surface area contributed by atoms with Gasteiger partial charge in [0.25, 0.3) is 5.91 Å². The quantitative estimate of drug-likeness (QED) is 0.744. The first kappa shape index (κ1) is 21.0. The van der Waals surface area contributed by atoms with Crippen LogP contribution in [-0.2, 0) is 14.6 Å². The number of carbonyl (C=O) groups is 1. The van der Waals surface area contributed by atoms with Crippen LogP contribution in [-0.4, -0.2) is 27.2 Å². The van der Waals surface area contributed by atoms with Gasteiger partial charge in [-0.25, -0.2) is 8.42 Å². The number of amides is 1. The summed E-state index contributed by atoms with van der Waals surface area (Å²) in [7, 11) is -3.23. The lowest BCUT2D eigenvalue weighted by molar-refractivity contribution is -0.123. The van der Waals surface area contributed by atoms with Gasteiger partial charge in [0.2, 0.25) is 0 Å². The summed E-state index contributed by atoms with van der Waals surface area (Å²) in [5.41, 5.74) is 2.08. The van der Waals surface area contributed by atoms with E-state index in [0.717, 1.165) is 5.56 Å². The molecule has 5 nitrogen and oxygen atoms in total. The minimum absolute atomic E-state index is 0.0705. The lowest BCUT2D eigenvalue weighted by atomic mass is 10.0. The summed E-state index contributed by atoms with van der Waals surface area (Å²) in [6.07, 6.45) is 1.86. The molecule has 1 amide bonds. The highest BCUT2D eigenvalue weighted by Crippen LogP contribution is 2.20. The summed E-state index contributed by atoms with van der Waals surface area (Å²) < 4.78 is 28.7. The zero-order chi connectivity index (χ0) is 20.0. The molecule has 27 heavy (non-hydrogen) atoms. The van der Waals surface area contributed by atoms with E-state index in [0.29, 0.717) is 18.1 Å². The number of sulfone groups is 1. The fourth-order valence-electron chi connectivity index (χ4n) is 2.70. The molecule has 0 saturated heterocycles. The molecule has 0 aliphatic rings. The van der Waals surface area contributed by atoms with Crippen molar-refractivity contribution in [2.75, 3.05) is 12.9 Å². The third kappa shape index (κ3) is 6.10. The van der Waals surface area contributed by atoms with Crippen LogP contribution in [0.2, 0.25) is 0 Å². The van der Waals surface area contributed by atoms with Crippen LogP contribution >= 0.6 is 0 Å². The number of hydrogen-bond donors (Lipinski definition) is 1. The van der Waals surface area contributed by atoms with Gasteiger partial charge in [-0.05, 0) is 47.7 Å². The Balaban J connectivity index is 1.94. The molecule has 0 aliphatic carbocycles. The van der Waals surface area contributed by atoms with Crippen LogP contribution in [0.15, 0.2) is 53.4 Å². The lowest BCUT2D eigenvalue weighted by Gasteiger charge is -2.18. The van der Waals surface area contributed by atoms with E-state index in [1.54, 1.807) is 24.3 Å². The normalized spacial score (nSPS) is 12.6. The van der Waals surface area contributed by atoms with E-state index >= 15 is 0 Å². The molecule has 146 valence electrons. The molecule has 0 bridgehead atoms. The Labute approximate surface area is 161 Å². The van der Waals surface area contributed by atoms with Crippen molar-refractivity contribution in [3.8, 4) is 5.75 Å². The summed E-state index contributed by atoms with van der Waals surface area (Å²) >= 11 is 0. The standard InChI is InChI=1S/C21H27NO4S/c1-5-20(17-8-12-19(13-9-17)27(4,24)25)22-21(23)14-26-18-10-6-16(7-11-18)15(2)3/h6-13,15,20H,5,14H2,1-4H3,(H,22,23). The van der Waals surface area contributed by atoms with Gasteiger partial charge in [0.1, 0.15) is 5.75 Å². The predicted octanol–water partition coefficient (Wildman–Crippen LogP) is 3.86. The van der Waals surface area contributed by atoms with Crippen molar-refractivity contribution < 1.29 is 17.9 Å². The van der Waals surface area contributed by atoms with Crippen LogP contribution in [0.4, 0.5) is 0 Å². The van der Waals surface area contributed by atoms with Gasteiger partial charge in [0.15, 0.2) is 16.4 Å². The largest absolute Gasteiger partial charge is 0.484 e. The first-order valence-corrected chi connectivity index (χ1v) is 10.9. The number of ether oxygens (including phenoxy) is 1. The highest BCUT2D eigenvalue weighted by molar-refractivity contribution is 7.90. The molecule has 0 aliphatic heterocycles. The van der Waals surface area contributed by atoms with Crippen molar-refractivity contribution >= 4 is 15.7 Å².